The average Bonchev–Trinajstić information content (AvgIpc) is 3.10. The van der Waals surface area contributed by atoms with Crippen LogP contribution in [-0.4, -0.2) is 42.3 Å². The molecule has 180 valence electrons. The van der Waals surface area contributed by atoms with Gasteiger partial charge in [0.1, 0.15) is 6.61 Å². The summed E-state index contributed by atoms with van der Waals surface area (Å²) in [5.41, 5.74) is 3.76. The zero-order chi connectivity index (χ0) is 24.3. The van der Waals surface area contributed by atoms with E-state index in [9.17, 15) is 19.5 Å². The molecule has 0 saturated heterocycles. The third-order valence-corrected chi connectivity index (χ3v) is 7.25. The molecular weight excluding hydrogens is 432 g/mol. The van der Waals surface area contributed by atoms with Gasteiger partial charge in [-0.2, -0.15) is 0 Å². The molecule has 34 heavy (non-hydrogen) atoms. The Balaban J connectivity index is 1.32. The summed E-state index contributed by atoms with van der Waals surface area (Å²) in [4.78, 5) is 36.6. The van der Waals surface area contributed by atoms with Crippen molar-refractivity contribution < 1.29 is 24.2 Å². The second kappa shape index (κ2) is 9.87. The van der Waals surface area contributed by atoms with Crippen molar-refractivity contribution in [3.05, 3.63) is 59.7 Å². The van der Waals surface area contributed by atoms with E-state index in [2.05, 4.69) is 34.9 Å². The number of hydrogen-bond acceptors (Lipinski definition) is 4. The molecule has 0 radical (unpaired) electrons. The summed E-state index contributed by atoms with van der Waals surface area (Å²) in [5, 5.41) is 15.0. The molecule has 1 saturated carbocycles. The van der Waals surface area contributed by atoms with Gasteiger partial charge in [-0.05, 0) is 41.0 Å². The van der Waals surface area contributed by atoms with Crippen molar-refractivity contribution in [3.8, 4) is 11.1 Å². The maximum absolute atomic E-state index is 12.6. The van der Waals surface area contributed by atoms with Gasteiger partial charge in [-0.25, -0.2) is 4.79 Å². The fourth-order valence-electron chi connectivity index (χ4n) is 4.85. The molecule has 1 atom stereocenters. The number of carboxylic acid groups (broad SMARTS) is 1. The Bertz CT molecular complexity index is 1030. The van der Waals surface area contributed by atoms with Gasteiger partial charge in [0.2, 0.25) is 5.91 Å². The molecule has 0 heterocycles. The second-order valence-corrected chi connectivity index (χ2v) is 9.74. The topological polar surface area (TPSA) is 105 Å². The number of nitrogens with one attached hydrogen (secondary N) is 2. The molecule has 7 heteroatoms. The number of alkyl carbamates (subject to hydrolysis) is 1. The highest BCUT2D eigenvalue weighted by molar-refractivity contribution is 5.81. The third kappa shape index (κ3) is 4.79. The van der Waals surface area contributed by atoms with Crippen molar-refractivity contribution in [2.24, 2.45) is 11.3 Å². The van der Waals surface area contributed by atoms with Crippen molar-refractivity contribution >= 4 is 18.0 Å². The number of rotatable bonds is 9. The number of carbonyl (C=O) groups is 3. The molecule has 0 spiro atoms. The van der Waals surface area contributed by atoms with Crippen LogP contribution in [0, 0.1) is 11.3 Å². The highest BCUT2D eigenvalue weighted by Gasteiger charge is 2.44. The van der Waals surface area contributed by atoms with E-state index in [0.717, 1.165) is 28.7 Å². The highest BCUT2D eigenvalue weighted by Crippen LogP contribution is 2.44. The van der Waals surface area contributed by atoms with Gasteiger partial charge in [-0.3, -0.25) is 9.59 Å². The van der Waals surface area contributed by atoms with Gasteiger partial charge in [0.15, 0.2) is 0 Å². The van der Waals surface area contributed by atoms with Gasteiger partial charge in [0, 0.05) is 24.9 Å². The van der Waals surface area contributed by atoms with Gasteiger partial charge < -0.3 is 20.5 Å². The van der Waals surface area contributed by atoms with Crippen molar-refractivity contribution in [1.29, 1.82) is 0 Å². The Hall–Kier alpha value is -3.35. The van der Waals surface area contributed by atoms with E-state index in [1.807, 2.05) is 38.1 Å². The van der Waals surface area contributed by atoms with Gasteiger partial charge >= 0.3 is 12.1 Å². The van der Waals surface area contributed by atoms with E-state index in [4.69, 9.17) is 4.74 Å². The van der Waals surface area contributed by atoms with Crippen LogP contribution in [-0.2, 0) is 14.3 Å². The molecule has 2 aromatic carbocycles. The lowest BCUT2D eigenvalue weighted by Crippen LogP contribution is -2.49. The first kappa shape index (κ1) is 23.8. The van der Waals surface area contributed by atoms with Crippen molar-refractivity contribution in [2.75, 3.05) is 13.2 Å². The third-order valence-electron chi connectivity index (χ3n) is 7.25. The molecular formula is C27H32N2O5. The first-order valence-corrected chi connectivity index (χ1v) is 11.9. The Morgan fingerprint density at radius 1 is 1.03 bits per heavy atom. The quantitative estimate of drug-likeness (QED) is 0.513. The predicted octanol–water partition coefficient (Wildman–Crippen LogP) is 4.31. The number of benzene rings is 2. The summed E-state index contributed by atoms with van der Waals surface area (Å²) >= 11 is 0. The lowest BCUT2D eigenvalue weighted by Gasteiger charge is -2.37. The molecule has 2 amide bonds. The SMILES string of the molecule is CC(C)[C@@H](CC(=O)NCC1(C(=O)O)CCC1)NC(=O)OCC1c2ccccc2-c2ccccc21. The summed E-state index contributed by atoms with van der Waals surface area (Å²) in [5.74, 6) is -1.17. The molecule has 7 nitrogen and oxygen atoms in total. The van der Waals surface area contributed by atoms with Crippen LogP contribution in [0.5, 0.6) is 0 Å². The molecule has 2 aromatic rings. The first-order valence-electron chi connectivity index (χ1n) is 11.9. The molecule has 4 rings (SSSR count). The smallest absolute Gasteiger partial charge is 0.407 e. The molecule has 2 aliphatic rings. The van der Waals surface area contributed by atoms with Gasteiger partial charge in [-0.1, -0.05) is 68.8 Å². The van der Waals surface area contributed by atoms with E-state index in [1.165, 1.54) is 0 Å². The number of carbonyl (C=O) groups excluding carboxylic acids is 2. The lowest BCUT2D eigenvalue weighted by molar-refractivity contribution is -0.154. The maximum atomic E-state index is 12.6. The van der Waals surface area contributed by atoms with Gasteiger partial charge in [-0.15, -0.1) is 0 Å². The lowest BCUT2D eigenvalue weighted by atomic mass is 9.69. The largest absolute Gasteiger partial charge is 0.481 e. The van der Waals surface area contributed by atoms with Crippen LogP contribution in [0.15, 0.2) is 48.5 Å². The van der Waals surface area contributed by atoms with Crippen LogP contribution in [0.25, 0.3) is 11.1 Å². The van der Waals surface area contributed by atoms with Gasteiger partial charge in [0.25, 0.3) is 0 Å². The number of hydrogen-bond donors (Lipinski definition) is 3. The van der Waals surface area contributed by atoms with Crippen LogP contribution in [0.3, 0.4) is 0 Å². The summed E-state index contributed by atoms with van der Waals surface area (Å²) < 4.78 is 5.61. The Labute approximate surface area is 199 Å². The summed E-state index contributed by atoms with van der Waals surface area (Å²) in [7, 11) is 0. The number of ether oxygens (including phenoxy) is 1. The normalized spacial score (nSPS) is 16.7. The maximum Gasteiger partial charge on any atom is 0.407 e. The summed E-state index contributed by atoms with van der Waals surface area (Å²) in [6.07, 6.45) is 1.52. The molecule has 0 aromatic heterocycles. The standard InChI is InChI=1S/C27H32N2O5/c1-17(2)23(14-24(30)28-16-27(25(31)32)12-7-13-27)29-26(33)34-15-22-20-10-5-3-8-18(20)19-9-4-6-11-21(19)22/h3-6,8-11,17,22-23H,7,12-16H2,1-2H3,(H,28,30)(H,29,33)(H,31,32)/t23-/m1/s1. The monoisotopic (exact) mass is 464 g/mol. The minimum atomic E-state index is -0.865. The van der Waals surface area contributed by atoms with E-state index in [1.54, 1.807) is 0 Å². The summed E-state index contributed by atoms with van der Waals surface area (Å²) in [6, 6.07) is 15.9. The van der Waals surface area contributed by atoms with E-state index in [-0.39, 0.29) is 37.3 Å². The minimum Gasteiger partial charge on any atom is -0.481 e. The number of amides is 2. The number of carboxylic acids is 1. The number of aliphatic carboxylic acids is 1. The molecule has 0 bridgehead atoms. The van der Waals surface area contributed by atoms with Crippen LogP contribution in [0.4, 0.5) is 4.79 Å². The fraction of sp³-hybridized carbons (Fsp3) is 0.444. The Morgan fingerprint density at radius 3 is 2.12 bits per heavy atom. The average molecular weight is 465 g/mol. The molecule has 3 N–H and O–H groups in total. The zero-order valence-electron chi connectivity index (χ0n) is 19.7. The van der Waals surface area contributed by atoms with Crippen LogP contribution >= 0.6 is 0 Å². The minimum absolute atomic E-state index is 0.00312. The van der Waals surface area contributed by atoms with Crippen molar-refractivity contribution in [1.82, 2.24) is 10.6 Å². The van der Waals surface area contributed by atoms with Crippen LogP contribution in [0.2, 0.25) is 0 Å². The van der Waals surface area contributed by atoms with E-state index in [0.29, 0.717) is 12.8 Å². The molecule has 0 unspecified atom stereocenters. The summed E-state index contributed by atoms with van der Waals surface area (Å²) in [6.45, 7) is 4.17. The van der Waals surface area contributed by atoms with Crippen molar-refractivity contribution in [2.45, 2.75) is 51.5 Å². The van der Waals surface area contributed by atoms with Gasteiger partial charge in [0.05, 0.1) is 5.41 Å². The fourth-order valence-corrected chi connectivity index (χ4v) is 4.85. The van der Waals surface area contributed by atoms with E-state index < -0.39 is 23.5 Å². The Morgan fingerprint density at radius 2 is 1.62 bits per heavy atom. The Kier molecular flexibility index (Phi) is 6.91. The predicted molar refractivity (Wildman–Crippen MR) is 128 cm³/mol. The molecule has 2 aliphatic carbocycles. The second-order valence-electron chi connectivity index (χ2n) is 9.74. The molecule has 0 aliphatic heterocycles. The van der Waals surface area contributed by atoms with Crippen LogP contribution in [0.1, 0.15) is 56.6 Å². The van der Waals surface area contributed by atoms with E-state index >= 15 is 0 Å². The highest BCUT2D eigenvalue weighted by atomic mass is 16.5. The first-order chi connectivity index (χ1) is 16.3. The van der Waals surface area contributed by atoms with Crippen molar-refractivity contribution in [3.63, 3.8) is 0 Å². The molecule has 1 fully saturated rings. The number of fused-ring (bicyclic) bond motifs is 3. The van der Waals surface area contributed by atoms with Crippen LogP contribution < -0.4 is 10.6 Å². The zero-order valence-corrected chi connectivity index (χ0v) is 19.7.